The summed E-state index contributed by atoms with van der Waals surface area (Å²) in [5.74, 6) is 1.71. The third kappa shape index (κ3) is 1.43. The van der Waals surface area contributed by atoms with Gasteiger partial charge < -0.3 is 10.2 Å². The first-order valence-electron chi connectivity index (χ1n) is 5.64. The van der Waals surface area contributed by atoms with E-state index in [1.807, 2.05) is 6.92 Å². The van der Waals surface area contributed by atoms with Crippen molar-refractivity contribution < 1.29 is 4.79 Å². The Morgan fingerprint density at radius 2 is 2.44 bits per heavy atom. The maximum Gasteiger partial charge on any atom is 0.226 e. The lowest BCUT2D eigenvalue weighted by Crippen LogP contribution is -2.30. The summed E-state index contributed by atoms with van der Waals surface area (Å²) in [6, 6.07) is 0.315. The van der Waals surface area contributed by atoms with Crippen molar-refractivity contribution in [2.75, 3.05) is 16.8 Å². The second-order valence-corrected chi connectivity index (χ2v) is 4.40. The van der Waals surface area contributed by atoms with E-state index in [9.17, 15) is 4.79 Å². The fraction of sp³-hybridized carbons (Fsp3) is 0.545. The molecule has 1 N–H and O–H groups in total. The molecule has 2 aliphatic rings. The van der Waals surface area contributed by atoms with Gasteiger partial charge in [0.1, 0.15) is 11.5 Å². The minimum atomic E-state index is 0.0723. The second kappa shape index (κ2) is 3.43. The first kappa shape index (κ1) is 9.57. The molecule has 16 heavy (non-hydrogen) atoms. The molecule has 0 aliphatic carbocycles. The summed E-state index contributed by atoms with van der Waals surface area (Å²) in [4.78, 5) is 22.5. The molecule has 3 rings (SSSR count). The van der Waals surface area contributed by atoms with Crippen LogP contribution in [-0.4, -0.2) is 28.5 Å². The average Bonchev–Trinajstić information content (AvgIpc) is 2.64. The molecule has 0 saturated carbocycles. The van der Waals surface area contributed by atoms with E-state index < -0.39 is 0 Å². The highest BCUT2D eigenvalue weighted by atomic mass is 16.1. The van der Waals surface area contributed by atoms with Crippen molar-refractivity contribution in [3.05, 3.63) is 12.0 Å². The zero-order chi connectivity index (χ0) is 11.1. The minimum absolute atomic E-state index is 0.0723. The molecule has 5 nitrogen and oxygen atoms in total. The summed E-state index contributed by atoms with van der Waals surface area (Å²) in [6.45, 7) is 2.86. The van der Waals surface area contributed by atoms with Crippen LogP contribution in [0.2, 0.25) is 0 Å². The molecule has 0 aromatic carbocycles. The van der Waals surface area contributed by atoms with E-state index in [2.05, 4.69) is 20.2 Å². The second-order valence-electron chi connectivity index (χ2n) is 4.40. The van der Waals surface area contributed by atoms with Crippen LogP contribution >= 0.6 is 0 Å². The Morgan fingerprint density at radius 1 is 1.56 bits per heavy atom. The Balaban J connectivity index is 2.10. The van der Waals surface area contributed by atoms with E-state index in [0.29, 0.717) is 12.5 Å². The molecule has 3 heterocycles. The van der Waals surface area contributed by atoms with E-state index in [4.69, 9.17) is 0 Å². The highest BCUT2D eigenvalue weighted by molar-refractivity contribution is 5.95. The van der Waals surface area contributed by atoms with Gasteiger partial charge in [0.2, 0.25) is 5.91 Å². The quantitative estimate of drug-likeness (QED) is 0.708. The lowest BCUT2D eigenvalue weighted by Gasteiger charge is -2.23. The summed E-state index contributed by atoms with van der Waals surface area (Å²) in [5.41, 5.74) is 0.750. The molecule has 5 heteroatoms. The SMILES string of the molecule is Cc1ncc2c(n1)N1CCC[C@H]1CC(=O)N2. The van der Waals surface area contributed by atoms with Crippen molar-refractivity contribution in [1.29, 1.82) is 0 Å². The van der Waals surface area contributed by atoms with Crippen LogP contribution in [0.5, 0.6) is 0 Å². The Labute approximate surface area is 93.9 Å². The highest BCUT2D eigenvalue weighted by Crippen LogP contribution is 2.33. The predicted molar refractivity (Wildman–Crippen MR) is 60.4 cm³/mol. The maximum absolute atomic E-state index is 11.7. The van der Waals surface area contributed by atoms with E-state index >= 15 is 0 Å². The fourth-order valence-electron chi connectivity index (χ4n) is 2.51. The van der Waals surface area contributed by atoms with Crippen molar-refractivity contribution in [3.8, 4) is 0 Å². The standard InChI is InChI=1S/C11H14N4O/c1-7-12-6-9-11(13-7)15-4-2-3-8(15)5-10(16)14-9/h6,8H,2-5H2,1H3,(H,14,16)/t8-/m0/s1. The van der Waals surface area contributed by atoms with Gasteiger partial charge in [-0.05, 0) is 19.8 Å². The molecule has 1 fully saturated rings. The third-order valence-corrected chi connectivity index (χ3v) is 3.23. The van der Waals surface area contributed by atoms with Crippen molar-refractivity contribution in [3.63, 3.8) is 0 Å². The van der Waals surface area contributed by atoms with Crippen molar-refractivity contribution in [2.45, 2.75) is 32.2 Å². The molecule has 0 spiro atoms. The van der Waals surface area contributed by atoms with Crippen LogP contribution in [0.1, 0.15) is 25.1 Å². The van der Waals surface area contributed by atoms with Gasteiger partial charge in [-0.15, -0.1) is 0 Å². The van der Waals surface area contributed by atoms with Crippen molar-refractivity contribution >= 4 is 17.4 Å². The zero-order valence-corrected chi connectivity index (χ0v) is 9.23. The van der Waals surface area contributed by atoms with Crippen LogP contribution in [0.3, 0.4) is 0 Å². The lowest BCUT2D eigenvalue weighted by atomic mass is 10.1. The van der Waals surface area contributed by atoms with Crippen LogP contribution in [0.25, 0.3) is 0 Å². The Bertz CT molecular complexity index is 446. The lowest BCUT2D eigenvalue weighted by molar-refractivity contribution is -0.116. The molecule has 1 aromatic heterocycles. The number of hydrogen-bond donors (Lipinski definition) is 1. The highest BCUT2D eigenvalue weighted by Gasteiger charge is 2.32. The molecule has 2 aliphatic heterocycles. The van der Waals surface area contributed by atoms with Crippen molar-refractivity contribution in [1.82, 2.24) is 9.97 Å². The number of nitrogens with zero attached hydrogens (tertiary/aromatic N) is 3. The first-order chi connectivity index (χ1) is 7.74. The first-order valence-corrected chi connectivity index (χ1v) is 5.64. The minimum Gasteiger partial charge on any atom is -0.351 e. The summed E-state index contributed by atoms with van der Waals surface area (Å²) in [6.07, 6.45) is 4.49. The number of rotatable bonds is 0. The summed E-state index contributed by atoms with van der Waals surface area (Å²) in [7, 11) is 0. The smallest absolute Gasteiger partial charge is 0.226 e. The molecular formula is C11H14N4O. The van der Waals surface area contributed by atoms with E-state index in [1.165, 1.54) is 0 Å². The largest absolute Gasteiger partial charge is 0.351 e. The number of fused-ring (bicyclic) bond motifs is 3. The normalized spacial score (nSPS) is 23.4. The molecule has 84 valence electrons. The molecule has 0 bridgehead atoms. The van der Waals surface area contributed by atoms with Gasteiger partial charge in [-0.3, -0.25) is 4.79 Å². The van der Waals surface area contributed by atoms with E-state index in [1.54, 1.807) is 6.20 Å². The topological polar surface area (TPSA) is 58.1 Å². The van der Waals surface area contributed by atoms with E-state index in [-0.39, 0.29) is 5.91 Å². The van der Waals surface area contributed by atoms with Gasteiger partial charge >= 0.3 is 0 Å². The number of amides is 1. The van der Waals surface area contributed by atoms with Crippen LogP contribution in [-0.2, 0) is 4.79 Å². The van der Waals surface area contributed by atoms with Crippen LogP contribution < -0.4 is 10.2 Å². The monoisotopic (exact) mass is 218 g/mol. The molecule has 1 aromatic rings. The number of carbonyl (C=O) groups excluding carboxylic acids is 1. The third-order valence-electron chi connectivity index (χ3n) is 3.23. The van der Waals surface area contributed by atoms with Gasteiger partial charge in [-0.25, -0.2) is 9.97 Å². The maximum atomic E-state index is 11.7. The molecule has 1 saturated heterocycles. The van der Waals surface area contributed by atoms with Crippen LogP contribution in [0, 0.1) is 6.92 Å². The summed E-state index contributed by atoms with van der Waals surface area (Å²) in [5, 5.41) is 2.87. The van der Waals surface area contributed by atoms with Gasteiger partial charge in [0.25, 0.3) is 0 Å². The number of nitrogens with one attached hydrogen (secondary N) is 1. The van der Waals surface area contributed by atoms with Gasteiger partial charge in [-0.1, -0.05) is 0 Å². The molecule has 1 atom stereocenters. The molecule has 1 amide bonds. The van der Waals surface area contributed by atoms with Gasteiger partial charge in [0.05, 0.1) is 6.20 Å². The molecular weight excluding hydrogens is 204 g/mol. The van der Waals surface area contributed by atoms with Gasteiger partial charge in [0.15, 0.2) is 5.82 Å². The van der Waals surface area contributed by atoms with Crippen LogP contribution in [0.15, 0.2) is 6.20 Å². The molecule has 0 radical (unpaired) electrons. The number of anilines is 2. The van der Waals surface area contributed by atoms with Crippen LogP contribution in [0.4, 0.5) is 11.5 Å². The Hall–Kier alpha value is -1.65. The Kier molecular flexibility index (Phi) is 2.05. The number of hydrogen-bond acceptors (Lipinski definition) is 4. The predicted octanol–water partition coefficient (Wildman–Crippen LogP) is 1.10. The zero-order valence-electron chi connectivity index (χ0n) is 9.23. The Morgan fingerprint density at radius 3 is 3.31 bits per heavy atom. The number of aryl methyl sites for hydroxylation is 1. The number of carbonyl (C=O) groups is 1. The van der Waals surface area contributed by atoms with Gasteiger partial charge in [0, 0.05) is 19.0 Å². The van der Waals surface area contributed by atoms with Crippen molar-refractivity contribution in [2.24, 2.45) is 0 Å². The summed E-state index contributed by atoms with van der Waals surface area (Å²) >= 11 is 0. The average molecular weight is 218 g/mol. The van der Waals surface area contributed by atoms with E-state index in [0.717, 1.165) is 36.7 Å². The fourth-order valence-corrected chi connectivity index (χ4v) is 2.51. The van der Waals surface area contributed by atoms with Gasteiger partial charge in [-0.2, -0.15) is 0 Å². The molecule has 0 unspecified atom stereocenters. The number of aromatic nitrogens is 2. The summed E-state index contributed by atoms with van der Waals surface area (Å²) < 4.78 is 0.